The van der Waals surface area contributed by atoms with Crippen molar-refractivity contribution in [2.75, 3.05) is 11.3 Å². The molecule has 0 amide bonds. The topological polar surface area (TPSA) is 86.9 Å². The zero-order valence-corrected chi connectivity index (χ0v) is 12.1. The van der Waals surface area contributed by atoms with E-state index in [1.807, 2.05) is 5.38 Å². The number of rotatable bonds is 7. The van der Waals surface area contributed by atoms with E-state index >= 15 is 0 Å². The van der Waals surface area contributed by atoms with Gasteiger partial charge in [0.15, 0.2) is 5.03 Å². The summed E-state index contributed by atoms with van der Waals surface area (Å²) in [5.74, 6) is 0. The van der Waals surface area contributed by atoms with E-state index in [9.17, 15) is 8.42 Å². The number of hydrogen-bond donors (Lipinski definition) is 3. The molecule has 2 aromatic heterocycles. The molecule has 2 heterocycles. The Hall–Kier alpha value is -1.38. The highest BCUT2D eigenvalue weighted by Gasteiger charge is 2.20. The van der Waals surface area contributed by atoms with Crippen molar-refractivity contribution in [1.29, 1.82) is 0 Å². The molecule has 3 N–H and O–H groups in total. The second-order valence-electron chi connectivity index (χ2n) is 4.02. The zero-order valence-electron chi connectivity index (χ0n) is 10.5. The summed E-state index contributed by atoms with van der Waals surface area (Å²) < 4.78 is 26.9. The van der Waals surface area contributed by atoms with Crippen LogP contribution in [0.2, 0.25) is 0 Å². The summed E-state index contributed by atoms with van der Waals surface area (Å²) in [5.41, 5.74) is 1.20. The largest absolute Gasteiger partial charge is 0.313 e. The molecular weight excluding hydrogens is 284 g/mol. The average molecular weight is 300 g/mol. The fourth-order valence-electron chi connectivity index (χ4n) is 1.59. The van der Waals surface area contributed by atoms with E-state index in [2.05, 4.69) is 27.2 Å². The van der Waals surface area contributed by atoms with Crippen molar-refractivity contribution in [1.82, 2.24) is 15.5 Å². The number of aromatic amines is 1. The van der Waals surface area contributed by atoms with Gasteiger partial charge in [-0.05, 0) is 24.4 Å². The van der Waals surface area contributed by atoms with E-state index in [1.54, 1.807) is 11.4 Å². The van der Waals surface area contributed by atoms with Crippen LogP contribution in [0.5, 0.6) is 0 Å². The summed E-state index contributed by atoms with van der Waals surface area (Å²) >= 11 is 1.43. The standard InChI is InChI=1S/C11H16N4O2S2/c1-2-4-12-6-9-7-13-14-11(9)19(16,17)15-10-3-5-18-8-10/h3,5,7-8,12,15H,2,4,6H2,1H3,(H,13,14). The van der Waals surface area contributed by atoms with Crippen LogP contribution in [0.25, 0.3) is 0 Å². The number of aromatic nitrogens is 2. The van der Waals surface area contributed by atoms with Gasteiger partial charge in [0.25, 0.3) is 10.0 Å². The number of anilines is 1. The number of nitrogens with zero attached hydrogens (tertiary/aromatic N) is 1. The lowest BCUT2D eigenvalue weighted by Crippen LogP contribution is -2.19. The van der Waals surface area contributed by atoms with Gasteiger partial charge in [0.1, 0.15) is 0 Å². The monoisotopic (exact) mass is 300 g/mol. The number of nitrogens with one attached hydrogen (secondary N) is 3. The molecule has 0 bridgehead atoms. The first kappa shape index (κ1) is 14.0. The SMILES string of the molecule is CCCNCc1cn[nH]c1S(=O)(=O)Nc1ccsc1. The zero-order chi connectivity index (χ0) is 13.7. The predicted molar refractivity (Wildman–Crippen MR) is 75.7 cm³/mol. The van der Waals surface area contributed by atoms with Crippen LogP contribution in [-0.4, -0.2) is 25.2 Å². The first-order valence-corrected chi connectivity index (χ1v) is 8.34. The van der Waals surface area contributed by atoms with Crippen LogP contribution < -0.4 is 10.0 Å². The minimum Gasteiger partial charge on any atom is -0.313 e. The Labute approximate surface area is 116 Å². The molecule has 0 aliphatic carbocycles. The van der Waals surface area contributed by atoms with Crippen LogP contribution in [0.4, 0.5) is 5.69 Å². The Balaban J connectivity index is 2.14. The lowest BCUT2D eigenvalue weighted by Gasteiger charge is -2.07. The first-order chi connectivity index (χ1) is 9.13. The molecule has 0 saturated carbocycles. The molecule has 0 aliphatic heterocycles. The summed E-state index contributed by atoms with van der Waals surface area (Å²) in [4.78, 5) is 0. The lowest BCUT2D eigenvalue weighted by molar-refractivity contribution is 0.593. The Kier molecular flexibility index (Phi) is 4.56. The highest BCUT2D eigenvalue weighted by molar-refractivity contribution is 7.92. The predicted octanol–water partition coefficient (Wildman–Crippen LogP) is 1.77. The molecule has 19 heavy (non-hydrogen) atoms. The third-order valence-corrected chi connectivity index (χ3v) is 4.54. The first-order valence-electron chi connectivity index (χ1n) is 5.91. The summed E-state index contributed by atoms with van der Waals surface area (Å²) in [5, 5.41) is 13.2. The van der Waals surface area contributed by atoms with E-state index < -0.39 is 10.0 Å². The van der Waals surface area contributed by atoms with E-state index in [0.29, 0.717) is 17.8 Å². The van der Waals surface area contributed by atoms with Crippen LogP contribution in [0.1, 0.15) is 18.9 Å². The van der Waals surface area contributed by atoms with Gasteiger partial charge >= 0.3 is 0 Å². The molecule has 0 atom stereocenters. The average Bonchev–Trinajstić information content (AvgIpc) is 3.00. The Morgan fingerprint density at radius 1 is 1.47 bits per heavy atom. The molecule has 0 radical (unpaired) electrons. The highest BCUT2D eigenvalue weighted by Crippen LogP contribution is 2.19. The molecule has 6 nitrogen and oxygen atoms in total. The molecule has 2 aromatic rings. The van der Waals surface area contributed by atoms with Gasteiger partial charge in [0.2, 0.25) is 0 Å². The fourth-order valence-corrected chi connectivity index (χ4v) is 3.43. The smallest absolute Gasteiger partial charge is 0.279 e. The van der Waals surface area contributed by atoms with Gasteiger partial charge in [-0.1, -0.05) is 6.92 Å². The molecular formula is C11H16N4O2S2. The maximum atomic E-state index is 12.2. The summed E-state index contributed by atoms with van der Waals surface area (Å²) in [6.45, 7) is 3.37. The van der Waals surface area contributed by atoms with Crippen LogP contribution >= 0.6 is 11.3 Å². The van der Waals surface area contributed by atoms with Gasteiger partial charge in [-0.15, -0.1) is 0 Å². The molecule has 0 fully saturated rings. The molecule has 104 valence electrons. The lowest BCUT2D eigenvalue weighted by atomic mass is 10.3. The molecule has 2 rings (SSSR count). The van der Waals surface area contributed by atoms with Crippen LogP contribution in [0.15, 0.2) is 28.0 Å². The van der Waals surface area contributed by atoms with E-state index in [1.165, 1.54) is 17.5 Å². The van der Waals surface area contributed by atoms with Gasteiger partial charge in [0, 0.05) is 17.5 Å². The minimum absolute atomic E-state index is 0.113. The van der Waals surface area contributed by atoms with E-state index in [-0.39, 0.29) is 5.03 Å². The highest BCUT2D eigenvalue weighted by atomic mass is 32.2. The quantitative estimate of drug-likeness (QED) is 0.680. The molecule has 8 heteroatoms. The van der Waals surface area contributed by atoms with Gasteiger partial charge in [-0.3, -0.25) is 9.82 Å². The number of hydrogen-bond acceptors (Lipinski definition) is 5. The second-order valence-corrected chi connectivity index (χ2v) is 6.42. The van der Waals surface area contributed by atoms with E-state index in [4.69, 9.17) is 0 Å². The van der Waals surface area contributed by atoms with Gasteiger partial charge in [0.05, 0.1) is 11.9 Å². The number of H-pyrrole nitrogens is 1. The molecule has 0 aliphatic rings. The van der Waals surface area contributed by atoms with Crippen molar-refractivity contribution < 1.29 is 8.42 Å². The second kappa shape index (κ2) is 6.18. The maximum Gasteiger partial charge on any atom is 0.279 e. The Morgan fingerprint density at radius 3 is 3.00 bits per heavy atom. The van der Waals surface area contributed by atoms with Crippen molar-refractivity contribution in [3.8, 4) is 0 Å². The van der Waals surface area contributed by atoms with Crippen molar-refractivity contribution in [3.63, 3.8) is 0 Å². The third-order valence-electron chi connectivity index (χ3n) is 2.46. The molecule has 0 saturated heterocycles. The minimum atomic E-state index is -3.61. The summed E-state index contributed by atoms with van der Waals surface area (Å²) in [6.07, 6.45) is 2.53. The van der Waals surface area contributed by atoms with Crippen molar-refractivity contribution in [3.05, 3.63) is 28.6 Å². The summed E-state index contributed by atoms with van der Waals surface area (Å²) in [6, 6.07) is 1.72. The van der Waals surface area contributed by atoms with Crippen molar-refractivity contribution in [2.45, 2.75) is 24.9 Å². The summed E-state index contributed by atoms with van der Waals surface area (Å²) in [7, 11) is -3.61. The van der Waals surface area contributed by atoms with Gasteiger partial charge < -0.3 is 5.32 Å². The fraction of sp³-hybridized carbons (Fsp3) is 0.364. The van der Waals surface area contributed by atoms with Gasteiger partial charge in [-0.2, -0.15) is 24.9 Å². The normalized spacial score (nSPS) is 11.6. The number of sulfonamides is 1. The van der Waals surface area contributed by atoms with Crippen LogP contribution in [-0.2, 0) is 16.6 Å². The van der Waals surface area contributed by atoms with Crippen molar-refractivity contribution in [2.24, 2.45) is 0 Å². The molecule has 0 unspecified atom stereocenters. The van der Waals surface area contributed by atoms with E-state index in [0.717, 1.165) is 13.0 Å². The third kappa shape index (κ3) is 3.55. The van der Waals surface area contributed by atoms with Crippen LogP contribution in [0, 0.1) is 0 Å². The molecule has 0 aromatic carbocycles. The molecule has 0 spiro atoms. The van der Waals surface area contributed by atoms with Crippen molar-refractivity contribution >= 4 is 27.0 Å². The Morgan fingerprint density at radius 2 is 2.32 bits per heavy atom. The van der Waals surface area contributed by atoms with Crippen LogP contribution in [0.3, 0.4) is 0 Å². The maximum absolute atomic E-state index is 12.2. The van der Waals surface area contributed by atoms with Gasteiger partial charge in [-0.25, -0.2) is 0 Å². The number of thiophene rings is 1. The Bertz CT molecular complexity index is 604.